The predicted octanol–water partition coefficient (Wildman–Crippen LogP) is -0.893. The molecule has 2 aromatic carbocycles. The average molecular weight is 306 g/mol. The zero-order valence-electron chi connectivity index (χ0n) is 13.1. The van der Waals surface area contributed by atoms with Crippen molar-refractivity contribution in [2.24, 2.45) is 0 Å². The number of aromatic hydroxyl groups is 1. The maximum absolute atomic E-state index is 13.0. The quantitative estimate of drug-likeness (QED) is 0.504. The van der Waals surface area contributed by atoms with Crippen molar-refractivity contribution >= 4 is 70.0 Å². The number of benzene rings is 2. The monoisotopic (exact) mass is 306 g/mol. The Morgan fingerprint density at radius 3 is 2.17 bits per heavy atom. The molecular formula is C17H10B4O3. The van der Waals surface area contributed by atoms with Gasteiger partial charge in [0, 0.05) is 17.4 Å². The van der Waals surface area contributed by atoms with Crippen molar-refractivity contribution in [3.05, 3.63) is 41.2 Å². The van der Waals surface area contributed by atoms with E-state index in [2.05, 4.69) is 0 Å². The van der Waals surface area contributed by atoms with Gasteiger partial charge in [0.1, 0.15) is 48.5 Å². The predicted molar refractivity (Wildman–Crippen MR) is 98.7 cm³/mol. The summed E-state index contributed by atoms with van der Waals surface area (Å²) in [5.74, 6) is 0.229. The second-order valence-electron chi connectivity index (χ2n) is 5.49. The summed E-state index contributed by atoms with van der Waals surface area (Å²) in [5.41, 5.74) is 1.56. The molecule has 0 fully saturated rings. The first-order valence-electron chi connectivity index (χ1n) is 7.37. The number of aryl methyl sites for hydroxylation is 1. The Kier molecular flexibility index (Phi) is 4.12. The largest absolute Gasteiger partial charge is 0.508 e. The maximum Gasteiger partial charge on any atom is 0.197 e. The first kappa shape index (κ1) is 16.6. The third-order valence-corrected chi connectivity index (χ3v) is 4.04. The van der Waals surface area contributed by atoms with Crippen LogP contribution in [-0.2, 0) is 6.42 Å². The van der Waals surface area contributed by atoms with Crippen LogP contribution < -0.4 is 21.9 Å². The molecule has 1 aromatic heterocycles. The molecule has 1 N–H and O–H groups in total. The smallest absolute Gasteiger partial charge is 0.197 e. The Morgan fingerprint density at radius 2 is 1.58 bits per heavy atom. The second kappa shape index (κ2) is 5.97. The molecule has 7 heteroatoms. The third-order valence-electron chi connectivity index (χ3n) is 4.04. The van der Waals surface area contributed by atoms with E-state index in [0.29, 0.717) is 28.7 Å². The lowest BCUT2D eigenvalue weighted by molar-refractivity contribution is 0.103. The number of furan rings is 1. The SMILES string of the molecule is [B]c1c([B])c([B])c2c(C(=O)c3ccc(O)cc3)c(CC)oc2c1[B]. The van der Waals surface area contributed by atoms with Crippen LogP contribution in [0.5, 0.6) is 5.75 Å². The minimum absolute atomic E-state index is 0.0695. The van der Waals surface area contributed by atoms with E-state index < -0.39 is 0 Å². The van der Waals surface area contributed by atoms with Crippen LogP contribution in [-0.4, -0.2) is 42.3 Å². The van der Waals surface area contributed by atoms with Gasteiger partial charge in [-0.15, -0.1) is 10.9 Å². The van der Waals surface area contributed by atoms with Gasteiger partial charge in [0.2, 0.25) is 0 Å². The second-order valence-corrected chi connectivity index (χ2v) is 5.49. The van der Waals surface area contributed by atoms with Gasteiger partial charge < -0.3 is 9.52 Å². The highest BCUT2D eigenvalue weighted by Gasteiger charge is 2.24. The molecule has 3 nitrogen and oxygen atoms in total. The van der Waals surface area contributed by atoms with Crippen molar-refractivity contribution in [3.8, 4) is 5.75 Å². The molecule has 0 saturated carbocycles. The van der Waals surface area contributed by atoms with E-state index in [4.69, 9.17) is 35.8 Å². The van der Waals surface area contributed by atoms with E-state index in [1.165, 1.54) is 24.3 Å². The third kappa shape index (κ3) is 2.39. The Labute approximate surface area is 145 Å². The molecule has 8 radical (unpaired) electrons. The normalized spacial score (nSPS) is 11.0. The molecule has 0 saturated heterocycles. The highest BCUT2D eigenvalue weighted by molar-refractivity contribution is 6.66. The van der Waals surface area contributed by atoms with Gasteiger partial charge in [-0.2, -0.15) is 0 Å². The van der Waals surface area contributed by atoms with E-state index in [1.807, 2.05) is 6.92 Å². The Balaban J connectivity index is 2.34. The molecule has 3 aromatic rings. The van der Waals surface area contributed by atoms with E-state index in [0.717, 1.165) is 0 Å². The number of phenolic OH excluding ortho intramolecular Hbond substituents is 1. The molecule has 0 atom stereocenters. The number of rotatable bonds is 3. The Morgan fingerprint density at radius 1 is 1.00 bits per heavy atom. The summed E-state index contributed by atoms with van der Waals surface area (Å²) >= 11 is 0. The lowest BCUT2D eigenvalue weighted by Gasteiger charge is -2.12. The molecule has 1 heterocycles. The summed E-state index contributed by atoms with van der Waals surface area (Å²) < 4.78 is 5.75. The fourth-order valence-corrected chi connectivity index (χ4v) is 2.72. The van der Waals surface area contributed by atoms with Crippen molar-refractivity contribution in [1.29, 1.82) is 0 Å². The number of fused-ring (bicyclic) bond motifs is 1. The number of carbonyl (C=O) groups excluding carboxylic acids is 1. The molecule has 0 aliphatic rings. The van der Waals surface area contributed by atoms with Crippen molar-refractivity contribution in [2.45, 2.75) is 13.3 Å². The fourth-order valence-electron chi connectivity index (χ4n) is 2.72. The molecule has 3 rings (SSSR count). The molecular weight excluding hydrogens is 295 g/mol. The fraction of sp³-hybridized carbons (Fsp3) is 0.118. The van der Waals surface area contributed by atoms with Crippen LogP contribution >= 0.6 is 0 Å². The van der Waals surface area contributed by atoms with Crippen molar-refractivity contribution in [1.82, 2.24) is 0 Å². The van der Waals surface area contributed by atoms with Gasteiger partial charge in [0.05, 0.1) is 5.56 Å². The highest BCUT2D eigenvalue weighted by atomic mass is 16.3. The molecule has 0 aliphatic heterocycles. The summed E-state index contributed by atoms with van der Waals surface area (Å²) in [4.78, 5) is 13.0. The van der Waals surface area contributed by atoms with Crippen LogP contribution in [0.25, 0.3) is 11.0 Å². The summed E-state index contributed by atoms with van der Waals surface area (Å²) in [6.07, 6.45) is 0.465. The van der Waals surface area contributed by atoms with Crippen LogP contribution in [0.15, 0.2) is 28.7 Å². The zero-order valence-corrected chi connectivity index (χ0v) is 13.1. The van der Waals surface area contributed by atoms with Crippen LogP contribution in [0, 0.1) is 0 Å². The van der Waals surface area contributed by atoms with Gasteiger partial charge in [0.25, 0.3) is 0 Å². The van der Waals surface area contributed by atoms with Gasteiger partial charge in [-0.1, -0.05) is 17.8 Å². The van der Waals surface area contributed by atoms with Gasteiger partial charge in [-0.3, -0.25) is 4.79 Å². The minimum Gasteiger partial charge on any atom is -0.508 e. The highest BCUT2D eigenvalue weighted by Crippen LogP contribution is 2.26. The zero-order chi connectivity index (χ0) is 17.6. The van der Waals surface area contributed by atoms with Crippen molar-refractivity contribution in [3.63, 3.8) is 0 Å². The average Bonchev–Trinajstić information content (AvgIpc) is 2.97. The number of hydrogen-bond donors (Lipinski definition) is 1. The van der Waals surface area contributed by atoms with Gasteiger partial charge >= 0.3 is 0 Å². The van der Waals surface area contributed by atoms with Gasteiger partial charge in [0.15, 0.2) is 5.78 Å². The lowest BCUT2D eigenvalue weighted by atomic mass is 9.65. The Bertz CT molecular complexity index is 959. The summed E-state index contributed by atoms with van der Waals surface area (Å²) in [6, 6.07) is 5.92. The van der Waals surface area contributed by atoms with Crippen LogP contribution in [0.1, 0.15) is 28.6 Å². The topological polar surface area (TPSA) is 50.4 Å². The number of hydrogen-bond acceptors (Lipinski definition) is 3. The van der Waals surface area contributed by atoms with E-state index >= 15 is 0 Å². The van der Waals surface area contributed by atoms with Crippen molar-refractivity contribution < 1.29 is 14.3 Å². The summed E-state index contributed by atoms with van der Waals surface area (Å²) in [7, 11) is 23.8. The summed E-state index contributed by atoms with van der Waals surface area (Å²) in [6.45, 7) is 1.85. The molecule has 0 amide bonds. The van der Waals surface area contributed by atoms with E-state index in [1.54, 1.807) is 0 Å². The summed E-state index contributed by atoms with van der Waals surface area (Å²) in [5, 5.41) is 9.76. The van der Waals surface area contributed by atoms with Crippen LogP contribution in [0.4, 0.5) is 0 Å². The molecule has 0 aliphatic carbocycles. The van der Waals surface area contributed by atoms with Gasteiger partial charge in [-0.25, -0.2) is 0 Å². The molecule has 108 valence electrons. The maximum atomic E-state index is 13.0. The lowest BCUT2D eigenvalue weighted by Crippen LogP contribution is -2.47. The Hall–Kier alpha value is -2.29. The molecule has 0 unspecified atom stereocenters. The molecule has 0 bridgehead atoms. The van der Waals surface area contributed by atoms with Gasteiger partial charge in [-0.05, 0) is 24.3 Å². The first-order valence-corrected chi connectivity index (χ1v) is 7.37. The van der Waals surface area contributed by atoms with E-state index in [9.17, 15) is 9.90 Å². The van der Waals surface area contributed by atoms with E-state index in [-0.39, 0.29) is 39.0 Å². The minimum atomic E-state index is -0.291. The van der Waals surface area contributed by atoms with Crippen molar-refractivity contribution in [2.75, 3.05) is 0 Å². The first-order chi connectivity index (χ1) is 11.4. The number of ketones is 1. The number of carbonyl (C=O) groups is 1. The number of phenols is 1. The molecule has 0 spiro atoms. The van der Waals surface area contributed by atoms with Crippen LogP contribution in [0.3, 0.4) is 0 Å². The van der Waals surface area contributed by atoms with Crippen LogP contribution in [0.2, 0.25) is 0 Å². The standard InChI is InChI=1S/C17H10B4O3/c1-2-9-10(16(23)7-3-5-8(22)6-4-7)11-12(18)13(19)14(20)15(21)17(11)24-9/h3-6,22H,2H2,1H3. The molecule has 24 heavy (non-hydrogen) atoms.